The van der Waals surface area contributed by atoms with Gasteiger partial charge in [0.05, 0.1) is 31.2 Å². The minimum atomic E-state index is -0.116. The zero-order chi connectivity index (χ0) is 15.9. The summed E-state index contributed by atoms with van der Waals surface area (Å²) in [6, 6.07) is 16.6. The van der Waals surface area contributed by atoms with Gasteiger partial charge in [-0.05, 0) is 30.7 Å². The molecule has 2 aromatic carbocycles. The van der Waals surface area contributed by atoms with Crippen LogP contribution in [-0.2, 0) is 11.2 Å². The summed E-state index contributed by atoms with van der Waals surface area (Å²) in [5.41, 5.74) is 2.43. The van der Waals surface area contributed by atoms with Crippen LogP contribution in [0.1, 0.15) is 29.7 Å². The van der Waals surface area contributed by atoms with Crippen LogP contribution in [0.5, 0.6) is 5.75 Å². The van der Waals surface area contributed by atoms with E-state index < -0.39 is 0 Å². The van der Waals surface area contributed by atoms with E-state index >= 15 is 0 Å². The van der Waals surface area contributed by atoms with Gasteiger partial charge in [-0.25, -0.2) is 0 Å². The van der Waals surface area contributed by atoms with Gasteiger partial charge in [-0.2, -0.15) is 5.26 Å². The topological polar surface area (TPSA) is 62.1 Å². The number of hydrogen-bond acceptors (Lipinski definition) is 3. The number of benzene rings is 2. The summed E-state index contributed by atoms with van der Waals surface area (Å²) < 4.78 is 5.25. The normalized spacial score (nSPS) is 11.3. The fourth-order valence-corrected chi connectivity index (χ4v) is 2.24. The van der Waals surface area contributed by atoms with Gasteiger partial charge in [0.2, 0.25) is 5.91 Å². The first kappa shape index (κ1) is 15.6. The van der Waals surface area contributed by atoms with Crippen LogP contribution in [-0.4, -0.2) is 13.0 Å². The lowest BCUT2D eigenvalue weighted by molar-refractivity contribution is -0.121. The predicted molar refractivity (Wildman–Crippen MR) is 84.4 cm³/mol. The molecule has 0 saturated heterocycles. The second kappa shape index (κ2) is 7.28. The molecule has 4 heteroatoms. The van der Waals surface area contributed by atoms with Crippen molar-refractivity contribution in [3.05, 3.63) is 65.2 Å². The first-order valence-corrected chi connectivity index (χ1v) is 7.05. The molecule has 0 bridgehead atoms. The first-order chi connectivity index (χ1) is 10.6. The van der Waals surface area contributed by atoms with E-state index in [4.69, 9.17) is 10.00 Å². The van der Waals surface area contributed by atoms with Crippen molar-refractivity contribution in [2.24, 2.45) is 0 Å². The molecule has 0 heterocycles. The number of nitrogens with one attached hydrogen (secondary N) is 1. The molecule has 1 atom stereocenters. The Labute approximate surface area is 130 Å². The average Bonchev–Trinajstić information content (AvgIpc) is 2.55. The third kappa shape index (κ3) is 3.86. The van der Waals surface area contributed by atoms with Crippen molar-refractivity contribution in [1.82, 2.24) is 5.32 Å². The van der Waals surface area contributed by atoms with Crippen LogP contribution in [0.2, 0.25) is 0 Å². The number of hydrogen-bond donors (Lipinski definition) is 1. The van der Waals surface area contributed by atoms with E-state index in [1.54, 1.807) is 19.2 Å². The van der Waals surface area contributed by atoms with Crippen LogP contribution in [0.3, 0.4) is 0 Å². The van der Waals surface area contributed by atoms with Crippen LogP contribution >= 0.6 is 0 Å². The Morgan fingerprint density at radius 3 is 2.55 bits per heavy atom. The zero-order valence-corrected chi connectivity index (χ0v) is 12.7. The lowest BCUT2D eigenvalue weighted by atomic mass is 10.1. The fourth-order valence-electron chi connectivity index (χ4n) is 2.24. The van der Waals surface area contributed by atoms with Gasteiger partial charge >= 0.3 is 0 Å². The molecule has 1 amide bonds. The van der Waals surface area contributed by atoms with E-state index in [-0.39, 0.29) is 18.4 Å². The van der Waals surface area contributed by atoms with Crippen molar-refractivity contribution in [2.75, 3.05) is 7.11 Å². The maximum Gasteiger partial charge on any atom is 0.225 e. The molecule has 0 aliphatic rings. The zero-order valence-electron chi connectivity index (χ0n) is 12.7. The average molecular weight is 294 g/mol. The molecule has 2 rings (SSSR count). The molecule has 4 nitrogen and oxygen atoms in total. The molecule has 1 unspecified atom stereocenters. The monoisotopic (exact) mass is 294 g/mol. The van der Waals surface area contributed by atoms with E-state index in [1.807, 2.05) is 43.3 Å². The predicted octanol–water partition coefficient (Wildman–Crippen LogP) is 2.99. The van der Waals surface area contributed by atoms with Crippen LogP contribution in [0.25, 0.3) is 0 Å². The highest BCUT2D eigenvalue weighted by atomic mass is 16.5. The van der Waals surface area contributed by atoms with Gasteiger partial charge in [0, 0.05) is 5.56 Å². The number of methoxy groups -OCH3 is 1. The SMILES string of the molecule is COc1ccccc1CC(=O)NC(C)c1ccc(C#N)cc1. The van der Waals surface area contributed by atoms with Gasteiger partial charge in [-0.3, -0.25) is 4.79 Å². The largest absolute Gasteiger partial charge is 0.496 e. The van der Waals surface area contributed by atoms with Gasteiger partial charge in [0.15, 0.2) is 0 Å². The Kier molecular flexibility index (Phi) is 5.16. The Bertz CT molecular complexity index is 687. The summed E-state index contributed by atoms with van der Waals surface area (Å²) in [7, 11) is 1.59. The van der Waals surface area contributed by atoms with Crippen LogP contribution in [0.15, 0.2) is 48.5 Å². The highest BCUT2D eigenvalue weighted by Gasteiger charge is 2.12. The molecule has 0 radical (unpaired) electrons. The summed E-state index contributed by atoms with van der Waals surface area (Å²) in [4.78, 5) is 12.2. The number of carbonyl (C=O) groups excluding carboxylic acids is 1. The van der Waals surface area contributed by atoms with Crippen molar-refractivity contribution >= 4 is 5.91 Å². The molecule has 0 spiro atoms. The van der Waals surface area contributed by atoms with E-state index in [1.165, 1.54) is 0 Å². The molecule has 22 heavy (non-hydrogen) atoms. The summed E-state index contributed by atoms with van der Waals surface area (Å²) in [6.07, 6.45) is 0.268. The molecular formula is C18H18N2O2. The van der Waals surface area contributed by atoms with Crippen molar-refractivity contribution in [3.8, 4) is 11.8 Å². The van der Waals surface area contributed by atoms with Crippen LogP contribution in [0, 0.1) is 11.3 Å². The molecule has 0 aromatic heterocycles. The Hall–Kier alpha value is -2.80. The van der Waals surface area contributed by atoms with Gasteiger partial charge in [-0.15, -0.1) is 0 Å². The second-order valence-electron chi connectivity index (χ2n) is 5.01. The highest BCUT2D eigenvalue weighted by Crippen LogP contribution is 2.18. The number of nitrogens with zero attached hydrogens (tertiary/aromatic N) is 1. The summed E-state index contributed by atoms with van der Waals surface area (Å²) >= 11 is 0. The summed E-state index contributed by atoms with van der Waals surface area (Å²) in [6.45, 7) is 1.92. The van der Waals surface area contributed by atoms with Crippen molar-refractivity contribution in [1.29, 1.82) is 5.26 Å². The Morgan fingerprint density at radius 2 is 1.91 bits per heavy atom. The van der Waals surface area contributed by atoms with Gasteiger partial charge in [0.25, 0.3) is 0 Å². The quantitative estimate of drug-likeness (QED) is 0.922. The minimum absolute atomic E-state index is 0.0682. The number of carbonyl (C=O) groups is 1. The van der Waals surface area contributed by atoms with Crippen molar-refractivity contribution in [3.63, 3.8) is 0 Å². The standard InChI is InChI=1S/C18H18N2O2/c1-13(15-9-7-14(12-19)8-10-15)20-18(21)11-16-5-3-4-6-17(16)22-2/h3-10,13H,11H2,1-2H3,(H,20,21). The van der Waals surface area contributed by atoms with Crippen LogP contribution in [0.4, 0.5) is 0 Å². The van der Waals surface area contributed by atoms with E-state index in [2.05, 4.69) is 11.4 Å². The maximum absolute atomic E-state index is 12.2. The lowest BCUT2D eigenvalue weighted by Gasteiger charge is -2.15. The fraction of sp³-hybridized carbons (Fsp3) is 0.222. The van der Waals surface area contributed by atoms with Gasteiger partial charge in [-0.1, -0.05) is 30.3 Å². The van der Waals surface area contributed by atoms with Gasteiger partial charge < -0.3 is 10.1 Å². The Balaban J connectivity index is 2.00. The third-order valence-electron chi connectivity index (χ3n) is 3.46. The molecule has 0 saturated carbocycles. The molecule has 1 N–H and O–H groups in total. The molecular weight excluding hydrogens is 276 g/mol. The number of nitriles is 1. The maximum atomic E-state index is 12.2. The Morgan fingerprint density at radius 1 is 1.23 bits per heavy atom. The third-order valence-corrected chi connectivity index (χ3v) is 3.46. The second-order valence-corrected chi connectivity index (χ2v) is 5.01. The number of ether oxygens (including phenoxy) is 1. The van der Waals surface area contributed by atoms with Crippen molar-refractivity contribution in [2.45, 2.75) is 19.4 Å². The van der Waals surface area contributed by atoms with E-state index in [0.29, 0.717) is 11.3 Å². The molecule has 0 fully saturated rings. The first-order valence-electron chi connectivity index (χ1n) is 7.05. The molecule has 112 valence electrons. The number of para-hydroxylation sites is 1. The summed E-state index contributed by atoms with van der Waals surface area (Å²) in [5, 5.41) is 11.8. The van der Waals surface area contributed by atoms with Crippen molar-refractivity contribution < 1.29 is 9.53 Å². The van der Waals surface area contributed by atoms with E-state index in [0.717, 1.165) is 11.1 Å². The lowest BCUT2D eigenvalue weighted by Crippen LogP contribution is -2.28. The number of rotatable bonds is 5. The molecule has 2 aromatic rings. The number of amides is 1. The molecule has 0 aliphatic heterocycles. The smallest absolute Gasteiger partial charge is 0.225 e. The minimum Gasteiger partial charge on any atom is -0.496 e. The van der Waals surface area contributed by atoms with E-state index in [9.17, 15) is 4.79 Å². The van der Waals surface area contributed by atoms with Gasteiger partial charge in [0.1, 0.15) is 5.75 Å². The highest BCUT2D eigenvalue weighted by molar-refractivity contribution is 5.79. The molecule has 0 aliphatic carbocycles. The van der Waals surface area contributed by atoms with Crippen LogP contribution < -0.4 is 10.1 Å². The summed E-state index contributed by atoms with van der Waals surface area (Å²) in [5.74, 6) is 0.644.